The second-order valence-corrected chi connectivity index (χ2v) is 1.34. The van der Waals surface area contributed by atoms with Crippen LogP contribution >= 0.6 is 7.82 Å². The predicted octanol–water partition coefficient (Wildman–Crippen LogP) is -3.21. The summed E-state index contributed by atoms with van der Waals surface area (Å²) in [6.45, 7) is 0. The molecular weight excluding hydrogens is 217 g/mol. The van der Waals surface area contributed by atoms with Crippen molar-refractivity contribution >= 4 is 32.3 Å². The monoisotopic (exact) mass is 216 g/mol. The van der Waals surface area contributed by atoms with E-state index in [4.69, 9.17) is 19.2 Å². The number of hydrogen-bond donors (Lipinski definition) is 0. The van der Waals surface area contributed by atoms with Gasteiger partial charge in [0.15, 0.2) is 0 Å². The molecule has 0 amide bonds. The van der Waals surface area contributed by atoms with Gasteiger partial charge in [0, 0.05) is 0 Å². The van der Waals surface area contributed by atoms with Gasteiger partial charge in [-0.25, -0.2) is 0 Å². The Labute approximate surface area is 51.9 Å². The smallest absolute Gasteiger partial charge is 0.822 e. The zero-order valence-electron chi connectivity index (χ0n) is 2.53. The first-order valence-electron chi connectivity index (χ1n) is 0.730. The first-order valence-corrected chi connectivity index (χ1v) is 2.19. The largest absolute Gasteiger partial charge is 3.00 e. The second kappa shape index (κ2) is 3.00. The summed E-state index contributed by atoms with van der Waals surface area (Å²) in [5.74, 6) is 0. The van der Waals surface area contributed by atoms with E-state index in [1.54, 1.807) is 0 Å². The van der Waals surface area contributed by atoms with Crippen LogP contribution in [0.2, 0.25) is 0 Å². The Morgan fingerprint density at radius 1 is 1.17 bits per heavy atom. The predicted molar refractivity (Wildman–Crippen MR) is 13.4 cm³/mol. The molecule has 4 nitrogen and oxygen atoms in total. The molecule has 0 aliphatic carbocycles. The van der Waals surface area contributed by atoms with Crippen molar-refractivity contribution in [2.24, 2.45) is 0 Å². The number of rotatable bonds is 0. The topological polar surface area (TPSA) is 86.2 Å². The molecule has 0 aliphatic heterocycles. The van der Waals surface area contributed by atoms with Crippen molar-refractivity contribution in [2.45, 2.75) is 0 Å². The van der Waals surface area contributed by atoms with Crippen LogP contribution in [0.25, 0.3) is 0 Å². The molecule has 0 spiro atoms. The Hall–Kier alpha value is 0.928. The van der Waals surface area contributed by atoms with Gasteiger partial charge in [-0.3, -0.25) is 0 Å². The van der Waals surface area contributed by atoms with Crippen LogP contribution in [-0.4, -0.2) is 24.4 Å². The van der Waals surface area contributed by atoms with Crippen LogP contribution in [0.5, 0.6) is 0 Å². The Kier molecular flexibility index (Phi) is 5.01. The van der Waals surface area contributed by atoms with E-state index in [1.165, 1.54) is 0 Å². The van der Waals surface area contributed by atoms with Crippen LogP contribution in [0.15, 0.2) is 0 Å². The summed E-state index contributed by atoms with van der Waals surface area (Å²) in [4.78, 5) is 25.6. The van der Waals surface area contributed by atoms with E-state index in [1.807, 2.05) is 0 Å². The minimum Gasteiger partial charge on any atom is -0.822 e. The molecule has 0 rings (SSSR count). The maximum absolute atomic E-state index is 8.55. The summed E-state index contributed by atoms with van der Waals surface area (Å²) in [5.41, 5.74) is 0. The molecule has 0 aromatic carbocycles. The van der Waals surface area contributed by atoms with Gasteiger partial charge in [0.2, 0.25) is 0 Å². The van der Waals surface area contributed by atoms with Gasteiger partial charge in [0.25, 0.3) is 0 Å². The number of phosphoric acid groups is 1. The van der Waals surface area contributed by atoms with E-state index in [0.717, 1.165) is 0 Å². The fraction of sp³-hybridized carbons (Fsp3) is 0. The average Bonchev–Trinajstić information content (AvgIpc) is 0.722. The molecule has 0 bridgehead atoms. The molecule has 0 heterocycles. The van der Waals surface area contributed by atoms with Crippen molar-refractivity contribution in [3.05, 3.63) is 0 Å². The van der Waals surface area contributed by atoms with E-state index < -0.39 is 7.82 Å². The van der Waals surface area contributed by atoms with Crippen molar-refractivity contribution in [1.29, 1.82) is 0 Å². The van der Waals surface area contributed by atoms with Crippen LogP contribution in [0, 0.1) is 0 Å². The van der Waals surface area contributed by atoms with Gasteiger partial charge >= 0.3 is 24.4 Å². The molecule has 0 atom stereocenters. The molecule has 6 heavy (non-hydrogen) atoms. The third-order valence-corrected chi connectivity index (χ3v) is 0. The molecule has 0 aliphatic rings. The van der Waals surface area contributed by atoms with Gasteiger partial charge in [-0.2, -0.15) is 7.82 Å². The second-order valence-electron chi connectivity index (χ2n) is 0.447. The first kappa shape index (κ1) is 10.0. The summed E-state index contributed by atoms with van der Waals surface area (Å²) >= 11 is 0. The van der Waals surface area contributed by atoms with E-state index >= 15 is 0 Å². The summed E-state index contributed by atoms with van der Waals surface area (Å²) in [7, 11) is -5.39. The van der Waals surface area contributed by atoms with Crippen molar-refractivity contribution in [2.75, 3.05) is 0 Å². The van der Waals surface area contributed by atoms with Crippen molar-refractivity contribution in [3.8, 4) is 0 Å². The maximum Gasteiger partial charge on any atom is 3.00 e. The van der Waals surface area contributed by atoms with Gasteiger partial charge in [-0.1, -0.05) is 0 Å². The van der Waals surface area contributed by atoms with Crippen molar-refractivity contribution < 1.29 is 19.2 Å². The van der Waals surface area contributed by atoms with Gasteiger partial charge in [-0.15, -0.1) is 0 Å². The van der Waals surface area contributed by atoms with Crippen molar-refractivity contribution in [1.82, 2.24) is 0 Å². The molecule has 0 saturated carbocycles. The Morgan fingerprint density at radius 3 is 1.17 bits per heavy atom. The molecule has 0 aromatic heterocycles. The Morgan fingerprint density at radius 2 is 1.17 bits per heavy atom. The summed E-state index contributed by atoms with van der Waals surface area (Å²) < 4.78 is 8.55. The third-order valence-electron chi connectivity index (χ3n) is 0. The third kappa shape index (κ3) is 88.3. The summed E-state index contributed by atoms with van der Waals surface area (Å²) in [6, 6.07) is 0. The SMILES string of the molecule is O=P([O-])([O-])[O-].[Sb+3]. The van der Waals surface area contributed by atoms with Gasteiger partial charge < -0.3 is 19.2 Å². The molecule has 0 N–H and O–H groups in total. The molecule has 0 unspecified atom stereocenters. The number of hydrogen-bond acceptors (Lipinski definition) is 4. The maximum atomic E-state index is 8.55. The molecule has 2 radical (unpaired) electrons. The fourth-order valence-electron chi connectivity index (χ4n) is 0. The summed E-state index contributed by atoms with van der Waals surface area (Å²) in [5, 5.41) is 0. The van der Waals surface area contributed by atoms with E-state index in [9.17, 15) is 0 Å². The van der Waals surface area contributed by atoms with E-state index in [2.05, 4.69) is 0 Å². The van der Waals surface area contributed by atoms with Crippen molar-refractivity contribution in [3.63, 3.8) is 0 Å². The molecule has 34 valence electrons. The average molecular weight is 217 g/mol. The van der Waals surface area contributed by atoms with Crippen LogP contribution in [0.4, 0.5) is 0 Å². The van der Waals surface area contributed by atoms with Crippen LogP contribution < -0.4 is 14.7 Å². The van der Waals surface area contributed by atoms with Gasteiger partial charge in [0.1, 0.15) is 0 Å². The molecule has 0 saturated heterocycles. The van der Waals surface area contributed by atoms with Crippen LogP contribution in [0.3, 0.4) is 0 Å². The Balaban J connectivity index is 0. The van der Waals surface area contributed by atoms with Crippen LogP contribution in [-0.2, 0) is 4.57 Å². The standard InChI is InChI=1S/H3O4P.Sb/c1-5(2,3)4;/h(H3,1,2,3,4);/q;+3/p-3. The Bertz CT molecular complexity index is 53.7. The molecule has 0 aromatic rings. The molecular formula is O4PSb. The van der Waals surface area contributed by atoms with Gasteiger partial charge in [0.05, 0.1) is 0 Å². The quantitative estimate of drug-likeness (QED) is 0.315. The zero-order chi connectivity index (χ0) is 4.50. The minimum atomic E-state index is -5.39. The van der Waals surface area contributed by atoms with Crippen LogP contribution in [0.1, 0.15) is 0 Å². The minimum absolute atomic E-state index is 0. The summed E-state index contributed by atoms with van der Waals surface area (Å²) in [6.07, 6.45) is 0. The van der Waals surface area contributed by atoms with Gasteiger partial charge in [-0.05, 0) is 0 Å². The first-order chi connectivity index (χ1) is 2.00. The molecule has 6 heteroatoms. The van der Waals surface area contributed by atoms with E-state index in [-0.39, 0.29) is 24.4 Å². The normalized spacial score (nSPS) is 9.83. The van der Waals surface area contributed by atoms with E-state index in [0.29, 0.717) is 0 Å². The zero-order valence-corrected chi connectivity index (χ0v) is 5.97. The molecule has 0 fully saturated rings. The fourth-order valence-corrected chi connectivity index (χ4v) is 0.